The summed E-state index contributed by atoms with van der Waals surface area (Å²) in [6.07, 6.45) is 1.59. The van der Waals surface area contributed by atoms with Crippen LogP contribution < -0.4 is 10.5 Å². The average Bonchev–Trinajstić information content (AvgIpc) is 2.79. The van der Waals surface area contributed by atoms with Crippen LogP contribution in [0.1, 0.15) is 18.4 Å². The number of hydrogen-bond acceptors (Lipinski definition) is 4. The molecule has 0 radical (unpaired) electrons. The molecular formula is C12H18N2O3S. The molecule has 0 spiro atoms. The molecule has 1 aliphatic heterocycles. The Balaban J connectivity index is 1.88. The molecule has 100 valence electrons. The molecule has 1 aromatic rings. The number of nitrogens with two attached hydrogens (primary N) is 1. The van der Waals surface area contributed by atoms with Crippen molar-refractivity contribution in [2.24, 2.45) is 0 Å². The van der Waals surface area contributed by atoms with E-state index in [1.807, 2.05) is 6.07 Å². The minimum atomic E-state index is -3.29. The van der Waals surface area contributed by atoms with Crippen molar-refractivity contribution >= 4 is 15.7 Å². The summed E-state index contributed by atoms with van der Waals surface area (Å²) in [6.45, 7) is 0.926. The highest BCUT2D eigenvalue weighted by molar-refractivity contribution is 7.89. The van der Waals surface area contributed by atoms with Crippen LogP contribution in [0.4, 0.5) is 5.69 Å². The van der Waals surface area contributed by atoms with Gasteiger partial charge in [0.2, 0.25) is 10.0 Å². The molecule has 5 nitrogen and oxygen atoms in total. The average molecular weight is 270 g/mol. The molecule has 1 heterocycles. The van der Waals surface area contributed by atoms with Crippen LogP contribution in [0.15, 0.2) is 24.3 Å². The van der Waals surface area contributed by atoms with E-state index in [1.165, 1.54) is 0 Å². The van der Waals surface area contributed by atoms with E-state index in [0.29, 0.717) is 12.3 Å². The van der Waals surface area contributed by atoms with Gasteiger partial charge in [0.05, 0.1) is 11.9 Å². The second kappa shape index (κ2) is 5.69. The molecule has 1 saturated heterocycles. The molecule has 1 atom stereocenters. The molecule has 0 amide bonds. The smallest absolute Gasteiger partial charge is 0.214 e. The van der Waals surface area contributed by atoms with Gasteiger partial charge in [-0.1, -0.05) is 12.1 Å². The Morgan fingerprint density at radius 1 is 1.44 bits per heavy atom. The molecule has 0 aromatic heterocycles. The summed E-state index contributed by atoms with van der Waals surface area (Å²) >= 11 is 0. The first kappa shape index (κ1) is 13.3. The topological polar surface area (TPSA) is 81.4 Å². The van der Waals surface area contributed by atoms with Gasteiger partial charge in [-0.3, -0.25) is 0 Å². The van der Waals surface area contributed by atoms with Gasteiger partial charge in [-0.25, -0.2) is 13.1 Å². The van der Waals surface area contributed by atoms with Gasteiger partial charge in [0.1, 0.15) is 0 Å². The minimum Gasteiger partial charge on any atom is -0.399 e. The Kier molecular flexibility index (Phi) is 4.21. The molecule has 2 rings (SSSR count). The molecule has 6 heteroatoms. The van der Waals surface area contributed by atoms with Crippen LogP contribution in [0, 0.1) is 0 Å². The summed E-state index contributed by atoms with van der Waals surface area (Å²) in [5, 5.41) is 0. The standard InChI is InChI=1S/C12H18N2O3S/c13-11-4-1-3-10(7-11)8-14-18(15,16)9-12-5-2-6-17-12/h1,3-4,7,12,14H,2,5-6,8-9,13H2. The van der Waals surface area contributed by atoms with Crippen LogP contribution in [0.2, 0.25) is 0 Å². The summed E-state index contributed by atoms with van der Waals surface area (Å²) in [7, 11) is -3.29. The van der Waals surface area contributed by atoms with Gasteiger partial charge in [0.25, 0.3) is 0 Å². The van der Waals surface area contributed by atoms with E-state index in [9.17, 15) is 8.42 Å². The van der Waals surface area contributed by atoms with E-state index >= 15 is 0 Å². The Hall–Kier alpha value is -1.11. The minimum absolute atomic E-state index is 0.0370. The summed E-state index contributed by atoms with van der Waals surface area (Å²) in [4.78, 5) is 0. The zero-order valence-electron chi connectivity index (χ0n) is 10.1. The Morgan fingerprint density at radius 2 is 2.28 bits per heavy atom. The second-order valence-corrected chi connectivity index (χ2v) is 6.33. The Morgan fingerprint density at radius 3 is 2.94 bits per heavy atom. The van der Waals surface area contributed by atoms with Crippen LogP contribution >= 0.6 is 0 Å². The van der Waals surface area contributed by atoms with Crippen LogP contribution in [0.25, 0.3) is 0 Å². The molecule has 18 heavy (non-hydrogen) atoms. The van der Waals surface area contributed by atoms with Crippen molar-refractivity contribution < 1.29 is 13.2 Å². The SMILES string of the molecule is Nc1cccc(CNS(=O)(=O)CC2CCCO2)c1. The van der Waals surface area contributed by atoms with Crippen LogP contribution in [0.3, 0.4) is 0 Å². The van der Waals surface area contributed by atoms with Crippen molar-refractivity contribution in [2.75, 3.05) is 18.1 Å². The summed E-state index contributed by atoms with van der Waals surface area (Å²) < 4.78 is 31.5. The fourth-order valence-electron chi connectivity index (χ4n) is 1.98. The number of benzene rings is 1. The van der Waals surface area contributed by atoms with Gasteiger partial charge in [-0.05, 0) is 30.5 Å². The monoisotopic (exact) mass is 270 g/mol. The molecular weight excluding hydrogens is 252 g/mol. The predicted octanol–water partition coefficient (Wildman–Crippen LogP) is 0.867. The highest BCUT2D eigenvalue weighted by Crippen LogP contribution is 2.14. The molecule has 0 saturated carbocycles. The highest BCUT2D eigenvalue weighted by Gasteiger charge is 2.22. The quantitative estimate of drug-likeness (QED) is 0.778. The number of nitrogens with one attached hydrogen (secondary N) is 1. The molecule has 0 aliphatic carbocycles. The van der Waals surface area contributed by atoms with Crippen molar-refractivity contribution in [3.8, 4) is 0 Å². The number of anilines is 1. The van der Waals surface area contributed by atoms with Crippen molar-refractivity contribution in [1.29, 1.82) is 0 Å². The van der Waals surface area contributed by atoms with Crippen LogP contribution in [-0.2, 0) is 21.3 Å². The molecule has 0 bridgehead atoms. The maximum absolute atomic E-state index is 11.8. The molecule has 1 aliphatic rings. The summed E-state index contributed by atoms with van der Waals surface area (Å²) in [6, 6.07) is 7.17. The number of rotatable bonds is 5. The third kappa shape index (κ3) is 3.97. The fourth-order valence-corrected chi connectivity index (χ4v) is 3.23. The molecule has 1 fully saturated rings. The third-order valence-corrected chi connectivity index (χ3v) is 4.27. The van der Waals surface area contributed by atoms with Gasteiger partial charge >= 0.3 is 0 Å². The van der Waals surface area contributed by atoms with E-state index in [-0.39, 0.29) is 18.4 Å². The van der Waals surface area contributed by atoms with Crippen molar-refractivity contribution in [3.05, 3.63) is 29.8 Å². The van der Waals surface area contributed by atoms with Crippen molar-refractivity contribution in [2.45, 2.75) is 25.5 Å². The lowest BCUT2D eigenvalue weighted by molar-refractivity contribution is 0.127. The third-order valence-electron chi connectivity index (χ3n) is 2.88. The Labute approximate surface area is 107 Å². The number of nitrogen functional groups attached to an aromatic ring is 1. The normalized spacial score (nSPS) is 20.1. The first-order valence-electron chi connectivity index (χ1n) is 5.98. The van der Waals surface area contributed by atoms with Crippen molar-refractivity contribution in [1.82, 2.24) is 4.72 Å². The molecule has 3 N–H and O–H groups in total. The zero-order chi connectivity index (χ0) is 13.0. The lowest BCUT2D eigenvalue weighted by Crippen LogP contribution is -2.31. The van der Waals surface area contributed by atoms with Gasteiger partial charge in [0.15, 0.2) is 0 Å². The van der Waals surface area contributed by atoms with E-state index in [2.05, 4.69) is 4.72 Å². The van der Waals surface area contributed by atoms with Gasteiger partial charge in [0, 0.05) is 18.8 Å². The first-order valence-corrected chi connectivity index (χ1v) is 7.64. The largest absolute Gasteiger partial charge is 0.399 e. The fraction of sp³-hybridized carbons (Fsp3) is 0.500. The second-order valence-electron chi connectivity index (χ2n) is 4.48. The van der Waals surface area contributed by atoms with Crippen LogP contribution in [0.5, 0.6) is 0 Å². The predicted molar refractivity (Wildman–Crippen MR) is 70.5 cm³/mol. The van der Waals surface area contributed by atoms with Crippen LogP contribution in [-0.4, -0.2) is 26.9 Å². The maximum atomic E-state index is 11.8. The lowest BCUT2D eigenvalue weighted by Gasteiger charge is -2.11. The number of hydrogen-bond donors (Lipinski definition) is 2. The van der Waals surface area contributed by atoms with Gasteiger partial charge in [-0.15, -0.1) is 0 Å². The zero-order valence-corrected chi connectivity index (χ0v) is 10.9. The van der Waals surface area contributed by atoms with Crippen molar-refractivity contribution in [3.63, 3.8) is 0 Å². The molecule has 1 unspecified atom stereocenters. The number of sulfonamides is 1. The Bertz CT molecular complexity index is 496. The number of ether oxygens (including phenoxy) is 1. The first-order chi connectivity index (χ1) is 8.55. The summed E-state index contributed by atoms with van der Waals surface area (Å²) in [5.41, 5.74) is 7.12. The maximum Gasteiger partial charge on any atom is 0.214 e. The van der Waals surface area contributed by atoms with Gasteiger partial charge < -0.3 is 10.5 Å². The lowest BCUT2D eigenvalue weighted by atomic mass is 10.2. The molecule has 1 aromatic carbocycles. The van der Waals surface area contributed by atoms with E-state index in [0.717, 1.165) is 18.4 Å². The van der Waals surface area contributed by atoms with E-state index in [4.69, 9.17) is 10.5 Å². The highest BCUT2D eigenvalue weighted by atomic mass is 32.2. The van der Waals surface area contributed by atoms with Gasteiger partial charge in [-0.2, -0.15) is 0 Å². The summed E-state index contributed by atoms with van der Waals surface area (Å²) in [5.74, 6) is 0.0370. The van der Waals surface area contributed by atoms with E-state index < -0.39 is 10.0 Å². The van der Waals surface area contributed by atoms with E-state index in [1.54, 1.807) is 18.2 Å².